The molecule has 1 fully saturated rings. The van der Waals surface area contributed by atoms with Gasteiger partial charge in [-0.1, -0.05) is 6.92 Å². The van der Waals surface area contributed by atoms with Crippen molar-refractivity contribution in [3.05, 3.63) is 0 Å². The molecule has 7 nitrogen and oxygen atoms in total. The molecule has 1 saturated heterocycles. The number of nitrogens with zero attached hydrogens (tertiary/aromatic N) is 3. The number of aliphatic hydroxyl groups is 1. The number of carbonyl (C=O) groups excluding carboxylic acids is 1. The molecule has 21 heavy (non-hydrogen) atoms. The maximum Gasteiger partial charge on any atom is 0.320 e. The van der Waals surface area contributed by atoms with E-state index in [2.05, 4.69) is 0 Å². The number of carboxylic acid groups (broad SMARTS) is 1. The maximum atomic E-state index is 12.6. The molecule has 0 aromatic rings. The van der Waals surface area contributed by atoms with Crippen molar-refractivity contribution in [2.75, 3.05) is 40.3 Å². The summed E-state index contributed by atoms with van der Waals surface area (Å²) in [6, 6.07) is -0.217. The minimum atomic E-state index is -0.910. The molecule has 0 radical (unpaired) electrons. The highest BCUT2D eigenvalue weighted by molar-refractivity contribution is 5.76. The Morgan fingerprint density at radius 2 is 2.00 bits per heavy atom. The Balaban J connectivity index is 2.75. The van der Waals surface area contributed by atoms with Crippen LogP contribution in [-0.4, -0.2) is 89.3 Å². The van der Waals surface area contributed by atoms with Crippen molar-refractivity contribution >= 4 is 12.0 Å². The summed E-state index contributed by atoms with van der Waals surface area (Å²) in [5.74, 6) is -1.51. The van der Waals surface area contributed by atoms with E-state index in [0.29, 0.717) is 26.1 Å². The van der Waals surface area contributed by atoms with E-state index < -0.39 is 18.0 Å². The molecular weight excluding hydrogens is 274 g/mol. The molecule has 1 rings (SSSR count). The van der Waals surface area contributed by atoms with E-state index in [0.717, 1.165) is 0 Å². The van der Waals surface area contributed by atoms with Crippen LogP contribution in [0, 0.1) is 5.92 Å². The summed E-state index contributed by atoms with van der Waals surface area (Å²) in [4.78, 5) is 28.8. The summed E-state index contributed by atoms with van der Waals surface area (Å²) in [5.41, 5.74) is 0. The van der Waals surface area contributed by atoms with Gasteiger partial charge in [0, 0.05) is 32.2 Å². The van der Waals surface area contributed by atoms with Crippen LogP contribution in [0.4, 0.5) is 4.79 Å². The molecule has 0 aromatic carbocycles. The van der Waals surface area contributed by atoms with Crippen LogP contribution in [0.3, 0.4) is 0 Å². The number of carboxylic acids is 1. The molecule has 0 aliphatic carbocycles. The van der Waals surface area contributed by atoms with E-state index >= 15 is 0 Å². The zero-order valence-electron chi connectivity index (χ0n) is 13.3. The average molecular weight is 301 g/mol. The lowest BCUT2D eigenvalue weighted by Crippen LogP contribution is -2.49. The molecule has 0 bridgehead atoms. The van der Waals surface area contributed by atoms with E-state index in [4.69, 9.17) is 5.11 Å². The van der Waals surface area contributed by atoms with Gasteiger partial charge in [0.15, 0.2) is 0 Å². The molecule has 2 N–H and O–H groups in total. The van der Waals surface area contributed by atoms with E-state index in [1.54, 1.807) is 16.7 Å². The van der Waals surface area contributed by atoms with Crippen LogP contribution >= 0.6 is 0 Å². The highest BCUT2D eigenvalue weighted by Crippen LogP contribution is 2.20. The summed E-state index contributed by atoms with van der Waals surface area (Å²) in [6.45, 7) is 5.07. The second-order valence-corrected chi connectivity index (χ2v) is 6.02. The third-order valence-electron chi connectivity index (χ3n) is 3.78. The predicted molar refractivity (Wildman–Crippen MR) is 79.1 cm³/mol. The Labute approximate surface area is 126 Å². The topological polar surface area (TPSA) is 84.3 Å². The number of aliphatic carboxylic acids is 1. The van der Waals surface area contributed by atoms with Gasteiger partial charge < -0.3 is 24.9 Å². The van der Waals surface area contributed by atoms with Crippen molar-refractivity contribution in [3.63, 3.8) is 0 Å². The number of likely N-dealkylation sites (N-methyl/N-ethyl adjacent to an activating group) is 1. The molecular formula is C14H27N3O4. The fourth-order valence-electron chi connectivity index (χ4n) is 2.65. The molecule has 7 heteroatoms. The number of aliphatic hydroxyl groups excluding tert-OH is 1. The van der Waals surface area contributed by atoms with Crippen LogP contribution in [0.1, 0.15) is 20.3 Å². The molecule has 0 spiro atoms. The van der Waals surface area contributed by atoms with Crippen molar-refractivity contribution in [1.29, 1.82) is 0 Å². The van der Waals surface area contributed by atoms with Crippen molar-refractivity contribution in [3.8, 4) is 0 Å². The lowest BCUT2D eigenvalue weighted by molar-refractivity contribution is -0.141. The van der Waals surface area contributed by atoms with Gasteiger partial charge in [0.05, 0.1) is 12.0 Å². The molecule has 1 aliphatic heterocycles. The fourth-order valence-corrected chi connectivity index (χ4v) is 2.65. The second kappa shape index (κ2) is 7.61. The molecule has 122 valence electrons. The van der Waals surface area contributed by atoms with Crippen LogP contribution in [0.5, 0.6) is 0 Å². The number of hydrogen-bond donors (Lipinski definition) is 2. The lowest BCUT2D eigenvalue weighted by Gasteiger charge is -2.33. The first kappa shape index (κ1) is 17.7. The first-order valence-electron chi connectivity index (χ1n) is 7.37. The van der Waals surface area contributed by atoms with Gasteiger partial charge in [0.1, 0.15) is 0 Å². The Morgan fingerprint density at radius 3 is 2.48 bits per heavy atom. The average Bonchev–Trinajstić information content (AvgIpc) is 2.74. The molecule has 3 atom stereocenters. The predicted octanol–water partition coefficient (Wildman–Crippen LogP) is 0.146. The molecule has 1 aliphatic rings. The molecule has 2 amide bonds. The summed E-state index contributed by atoms with van der Waals surface area (Å²) in [5, 5.41) is 18.8. The highest BCUT2D eigenvalue weighted by atomic mass is 16.4. The highest BCUT2D eigenvalue weighted by Gasteiger charge is 2.36. The third kappa shape index (κ3) is 4.86. The molecule has 0 saturated carbocycles. The van der Waals surface area contributed by atoms with Gasteiger partial charge in [-0.3, -0.25) is 4.79 Å². The lowest BCUT2D eigenvalue weighted by atomic mass is 10.1. The van der Waals surface area contributed by atoms with Crippen molar-refractivity contribution in [2.45, 2.75) is 32.4 Å². The summed E-state index contributed by atoms with van der Waals surface area (Å²) in [7, 11) is 3.86. The van der Waals surface area contributed by atoms with Gasteiger partial charge in [0.25, 0.3) is 0 Å². The van der Waals surface area contributed by atoms with Gasteiger partial charge in [-0.25, -0.2) is 4.79 Å². The van der Waals surface area contributed by atoms with Crippen LogP contribution in [0.2, 0.25) is 0 Å². The van der Waals surface area contributed by atoms with Crippen LogP contribution in [0.15, 0.2) is 0 Å². The zero-order chi connectivity index (χ0) is 16.2. The van der Waals surface area contributed by atoms with Crippen molar-refractivity contribution < 1.29 is 19.8 Å². The quantitative estimate of drug-likeness (QED) is 0.729. The van der Waals surface area contributed by atoms with Crippen molar-refractivity contribution in [1.82, 2.24) is 14.7 Å². The zero-order valence-corrected chi connectivity index (χ0v) is 13.3. The van der Waals surface area contributed by atoms with E-state index in [1.165, 1.54) is 0 Å². The Bertz CT molecular complexity index is 375. The van der Waals surface area contributed by atoms with Gasteiger partial charge >= 0.3 is 12.0 Å². The maximum absolute atomic E-state index is 12.6. The fraction of sp³-hybridized carbons (Fsp3) is 0.857. The molecule has 3 unspecified atom stereocenters. The van der Waals surface area contributed by atoms with Crippen LogP contribution in [0.25, 0.3) is 0 Å². The van der Waals surface area contributed by atoms with E-state index in [9.17, 15) is 14.7 Å². The monoisotopic (exact) mass is 301 g/mol. The number of rotatable bonds is 6. The summed E-state index contributed by atoms with van der Waals surface area (Å²) >= 11 is 0. The number of β-amino-alcohol motifs (C(OH)–C–C–N with tert-alkyl or cyclic N) is 1. The van der Waals surface area contributed by atoms with Gasteiger partial charge in [-0.15, -0.1) is 0 Å². The van der Waals surface area contributed by atoms with E-state index in [1.807, 2.05) is 25.9 Å². The largest absolute Gasteiger partial charge is 0.481 e. The van der Waals surface area contributed by atoms with Crippen LogP contribution in [-0.2, 0) is 4.79 Å². The minimum Gasteiger partial charge on any atom is -0.481 e. The molecule has 0 aromatic heterocycles. The normalized spacial score (nSPS) is 23.4. The Kier molecular flexibility index (Phi) is 6.42. The van der Waals surface area contributed by atoms with Gasteiger partial charge in [-0.05, 0) is 27.4 Å². The number of urea groups is 1. The number of amides is 2. The first-order chi connectivity index (χ1) is 9.76. The smallest absolute Gasteiger partial charge is 0.320 e. The van der Waals surface area contributed by atoms with Gasteiger partial charge in [0.2, 0.25) is 0 Å². The summed E-state index contributed by atoms with van der Waals surface area (Å²) in [6.07, 6.45) is 0.0603. The minimum absolute atomic E-state index is 0.0308. The van der Waals surface area contributed by atoms with E-state index in [-0.39, 0.29) is 18.6 Å². The SMILES string of the molecule is CCN(CC(C)C(=O)O)C(=O)N1CC(O)CC1CN(C)C. The summed E-state index contributed by atoms with van der Waals surface area (Å²) < 4.78 is 0. The first-order valence-corrected chi connectivity index (χ1v) is 7.37. The number of hydrogen-bond acceptors (Lipinski definition) is 4. The number of carbonyl (C=O) groups is 2. The Morgan fingerprint density at radius 1 is 1.38 bits per heavy atom. The van der Waals surface area contributed by atoms with Crippen molar-refractivity contribution in [2.24, 2.45) is 5.92 Å². The number of likely N-dealkylation sites (tertiary alicyclic amines) is 1. The van der Waals surface area contributed by atoms with Crippen LogP contribution < -0.4 is 0 Å². The second-order valence-electron chi connectivity index (χ2n) is 6.02. The molecule has 1 heterocycles. The van der Waals surface area contributed by atoms with Gasteiger partial charge in [-0.2, -0.15) is 0 Å². The standard InChI is InChI=1S/C14H27N3O4/c1-5-16(7-10(2)13(19)20)14(21)17-9-12(18)6-11(17)8-15(3)4/h10-12,18H,5-9H2,1-4H3,(H,19,20). The third-order valence-corrected chi connectivity index (χ3v) is 3.78. The Hall–Kier alpha value is -1.34.